The van der Waals surface area contributed by atoms with Crippen LogP contribution in [-0.2, 0) is 0 Å². The second-order valence-electron chi connectivity index (χ2n) is 5.85. The van der Waals surface area contributed by atoms with E-state index < -0.39 is 0 Å². The molecule has 2 N–H and O–H groups in total. The Morgan fingerprint density at radius 2 is 1.26 bits per heavy atom. The van der Waals surface area contributed by atoms with Gasteiger partial charge in [-0.3, -0.25) is 0 Å². The molecule has 0 bridgehead atoms. The zero-order valence-electron chi connectivity index (χ0n) is 13.5. The molecule has 0 spiro atoms. The maximum atomic E-state index is 6.09. The number of hydrogen-bond acceptors (Lipinski definition) is 1. The monoisotopic (exact) mass is 267 g/mol. The Kier molecular flexibility index (Phi) is 15.5. The molecule has 1 unspecified atom stereocenters. The summed E-state index contributed by atoms with van der Waals surface area (Å²) in [4.78, 5) is 0. The molecule has 0 aliphatic rings. The van der Waals surface area contributed by atoms with Crippen LogP contribution < -0.4 is 5.73 Å². The van der Waals surface area contributed by atoms with Gasteiger partial charge in [0, 0.05) is 6.04 Å². The van der Waals surface area contributed by atoms with Crippen LogP contribution in [-0.4, -0.2) is 6.04 Å². The Morgan fingerprint density at radius 1 is 0.737 bits per heavy atom. The van der Waals surface area contributed by atoms with Gasteiger partial charge in [-0.05, 0) is 19.3 Å². The fraction of sp³-hybridized carbons (Fsp3) is 0.889. The second-order valence-corrected chi connectivity index (χ2v) is 5.85. The molecule has 1 heteroatoms. The number of rotatable bonds is 14. The number of hydrogen-bond donors (Lipinski definition) is 1. The second kappa shape index (κ2) is 15.8. The number of nitrogens with two attached hydrogens (primary N) is 1. The molecule has 0 aromatic heterocycles. The van der Waals surface area contributed by atoms with Gasteiger partial charge in [0.1, 0.15) is 0 Å². The minimum absolute atomic E-state index is 0.293. The molecule has 19 heavy (non-hydrogen) atoms. The van der Waals surface area contributed by atoms with Crippen molar-refractivity contribution in [3.05, 3.63) is 12.2 Å². The van der Waals surface area contributed by atoms with E-state index in [-0.39, 0.29) is 0 Å². The van der Waals surface area contributed by atoms with Gasteiger partial charge in [-0.1, -0.05) is 90.2 Å². The molecule has 0 aromatic carbocycles. The van der Waals surface area contributed by atoms with Gasteiger partial charge in [0.15, 0.2) is 0 Å². The van der Waals surface area contributed by atoms with Gasteiger partial charge < -0.3 is 5.73 Å². The average Bonchev–Trinajstić information content (AvgIpc) is 2.41. The summed E-state index contributed by atoms with van der Waals surface area (Å²) in [5.74, 6) is 0. The lowest BCUT2D eigenvalue weighted by Crippen LogP contribution is -2.16. The van der Waals surface area contributed by atoms with Crippen molar-refractivity contribution in [2.24, 2.45) is 5.73 Å². The maximum absolute atomic E-state index is 6.09. The first-order chi connectivity index (χ1) is 9.31. The molecule has 0 radical (unpaired) electrons. The van der Waals surface area contributed by atoms with Crippen LogP contribution in [0.1, 0.15) is 97.3 Å². The Balaban J connectivity index is 3.25. The molecule has 0 rings (SSSR count). The van der Waals surface area contributed by atoms with Gasteiger partial charge >= 0.3 is 0 Å². The lowest BCUT2D eigenvalue weighted by Gasteiger charge is -2.06. The molecular formula is C18H37N. The van der Waals surface area contributed by atoms with E-state index in [0.717, 1.165) is 0 Å². The molecule has 0 saturated carbocycles. The Hall–Kier alpha value is -0.300. The third kappa shape index (κ3) is 15.6. The summed E-state index contributed by atoms with van der Waals surface area (Å²) in [6.07, 6.45) is 21.9. The number of allylic oxidation sites excluding steroid dienone is 1. The van der Waals surface area contributed by atoms with E-state index in [0.29, 0.717) is 6.04 Å². The van der Waals surface area contributed by atoms with Crippen molar-refractivity contribution in [3.8, 4) is 0 Å². The highest BCUT2D eigenvalue weighted by molar-refractivity contribution is 4.91. The zero-order chi connectivity index (χ0) is 14.2. The van der Waals surface area contributed by atoms with Gasteiger partial charge in [0.2, 0.25) is 0 Å². The van der Waals surface area contributed by atoms with Crippen LogP contribution >= 0.6 is 0 Å². The SMILES string of the molecule is CCCCCCCC=CC(N)CCCCCCCC. The molecule has 0 fully saturated rings. The van der Waals surface area contributed by atoms with Crippen molar-refractivity contribution in [1.82, 2.24) is 0 Å². The molecule has 0 amide bonds. The van der Waals surface area contributed by atoms with E-state index in [4.69, 9.17) is 5.73 Å². The number of unbranched alkanes of at least 4 members (excludes halogenated alkanes) is 10. The van der Waals surface area contributed by atoms with Crippen molar-refractivity contribution in [2.45, 2.75) is 103 Å². The van der Waals surface area contributed by atoms with E-state index in [9.17, 15) is 0 Å². The summed E-state index contributed by atoms with van der Waals surface area (Å²) in [7, 11) is 0. The van der Waals surface area contributed by atoms with Crippen molar-refractivity contribution in [3.63, 3.8) is 0 Å². The fourth-order valence-corrected chi connectivity index (χ4v) is 2.39. The Morgan fingerprint density at radius 3 is 1.89 bits per heavy atom. The van der Waals surface area contributed by atoms with Gasteiger partial charge in [-0.25, -0.2) is 0 Å². The Bertz CT molecular complexity index is 186. The molecule has 0 aliphatic carbocycles. The van der Waals surface area contributed by atoms with Crippen molar-refractivity contribution >= 4 is 0 Å². The van der Waals surface area contributed by atoms with Crippen molar-refractivity contribution < 1.29 is 0 Å². The third-order valence-corrected chi connectivity index (χ3v) is 3.75. The van der Waals surface area contributed by atoms with Crippen LogP contribution in [0.25, 0.3) is 0 Å². The van der Waals surface area contributed by atoms with Gasteiger partial charge in [-0.2, -0.15) is 0 Å². The maximum Gasteiger partial charge on any atom is 0.0223 e. The molecule has 1 atom stereocenters. The molecule has 0 heterocycles. The minimum Gasteiger partial charge on any atom is -0.324 e. The van der Waals surface area contributed by atoms with E-state index >= 15 is 0 Å². The van der Waals surface area contributed by atoms with Gasteiger partial charge in [-0.15, -0.1) is 0 Å². The predicted molar refractivity (Wildman–Crippen MR) is 88.5 cm³/mol. The summed E-state index contributed by atoms with van der Waals surface area (Å²) < 4.78 is 0. The lowest BCUT2D eigenvalue weighted by atomic mass is 10.1. The highest BCUT2D eigenvalue weighted by atomic mass is 14.6. The highest BCUT2D eigenvalue weighted by Gasteiger charge is 1.97. The first kappa shape index (κ1) is 18.7. The Labute approximate surface area is 122 Å². The lowest BCUT2D eigenvalue weighted by molar-refractivity contribution is 0.569. The smallest absolute Gasteiger partial charge is 0.0223 e. The predicted octanol–water partition coefficient (Wildman–Crippen LogP) is 5.98. The molecule has 0 aromatic rings. The van der Waals surface area contributed by atoms with E-state index in [1.807, 2.05) is 0 Å². The van der Waals surface area contributed by atoms with Crippen LogP contribution in [0.5, 0.6) is 0 Å². The van der Waals surface area contributed by atoms with E-state index in [2.05, 4.69) is 26.0 Å². The largest absolute Gasteiger partial charge is 0.324 e. The van der Waals surface area contributed by atoms with Crippen LogP contribution in [0.4, 0.5) is 0 Å². The molecule has 1 nitrogen and oxygen atoms in total. The topological polar surface area (TPSA) is 26.0 Å². The van der Waals surface area contributed by atoms with Crippen LogP contribution in [0, 0.1) is 0 Å². The van der Waals surface area contributed by atoms with Crippen LogP contribution in [0.15, 0.2) is 12.2 Å². The average molecular weight is 268 g/mol. The fourth-order valence-electron chi connectivity index (χ4n) is 2.39. The summed E-state index contributed by atoms with van der Waals surface area (Å²) >= 11 is 0. The normalized spacial score (nSPS) is 13.2. The summed E-state index contributed by atoms with van der Waals surface area (Å²) in [5, 5.41) is 0. The first-order valence-corrected chi connectivity index (χ1v) is 8.73. The molecule has 0 saturated heterocycles. The highest BCUT2D eigenvalue weighted by Crippen LogP contribution is 2.09. The first-order valence-electron chi connectivity index (χ1n) is 8.73. The molecular weight excluding hydrogens is 230 g/mol. The standard InChI is InChI=1S/C18H37N/c1-3-5-7-9-11-13-15-17-18(19)16-14-12-10-8-6-4-2/h15,17-18H,3-14,16,19H2,1-2H3. The summed E-state index contributed by atoms with van der Waals surface area (Å²) in [6, 6.07) is 0.293. The summed E-state index contributed by atoms with van der Waals surface area (Å²) in [5.41, 5.74) is 6.09. The minimum atomic E-state index is 0.293. The molecule has 114 valence electrons. The molecule has 0 aliphatic heterocycles. The van der Waals surface area contributed by atoms with Crippen LogP contribution in [0.2, 0.25) is 0 Å². The summed E-state index contributed by atoms with van der Waals surface area (Å²) in [6.45, 7) is 4.53. The zero-order valence-corrected chi connectivity index (χ0v) is 13.5. The van der Waals surface area contributed by atoms with E-state index in [1.165, 1.54) is 83.5 Å². The van der Waals surface area contributed by atoms with Crippen molar-refractivity contribution in [2.75, 3.05) is 0 Å². The van der Waals surface area contributed by atoms with Gasteiger partial charge in [0.25, 0.3) is 0 Å². The van der Waals surface area contributed by atoms with E-state index in [1.54, 1.807) is 0 Å². The third-order valence-electron chi connectivity index (χ3n) is 3.75. The van der Waals surface area contributed by atoms with Crippen LogP contribution in [0.3, 0.4) is 0 Å². The van der Waals surface area contributed by atoms with Crippen molar-refractivity contribution in [1.29, 1.82) is 0 Å². The quantitative estimate of drug-likeness (QED) is 0.304. The van der Waals surface area contributed by atoms with Gasteiger partial charge in [0.05, 0.1) is 0 Å².